The van der Waals surface area contributed by atoms with Crippen molar-refractivity contribution in [1.82, 2.24) is 20.5 Å². The lowest BCUT2D eigenvalue weighted by atomic mass is 9.98. The van der Waals surface area contributed by atoms with Crippen molar-refractivity contribution in [3.8, 4) is 0 Å². The van der Waals surface area contributed by atoms with Crippen molar-refractivity contribution in [3.05, 3.63) is 23.9 Å². The van der Waals surface area contributed by atoms with Gasteiger partial charge >= 0.3 is 6.03 Å². The molecular formula is C17H29N5O. The lowest BCUT2D eigenvalue weighted by molar-refractivity contribution is 0.179. The smallest absolute Gasteiger partial charge is 0.315 e. The largest absolute Gasteiger partial charge is 0.363 e. The van der Waals surface area contributed by atoms with Gasteiger partial charge in [-0.05, 0) is 44.0 Å². The van der Waals surface area contributed by atoms with Gasteiger partial charge in [-0.25, -0.2) is 9.78 Å². The standard InChI is InChI=1S/C17H29N5O/c1-4-22-10-6-7-14(13-22)11-18-17(23)19-12-15-8-5-9-16(20-15)21(2)3/h5,8-9,14H,4,6-7,10-13H2,1-3H3,(H2,18,19,23). The molecule has 1 aliphatic rings. The van der Waals surface area contributed by atoms with Gasteiger partial charge in [0.25, 0.3) is 0 Å². The molecule has 0 saturated carbocycles. The molecule has 1 saturated heterocycles. The summed E-state index contributed by atoms with van der Waals surface area (Å²) in [5.41, 5.74) is 0.862. The van der Waals surface area contributed by atoms with Crippen LogP contribution in [0.25, 0.3) is 0 Å². The maximum Gasteiger partial charge on any atom is 0.315 e. The lowest BCUT2D eigenvalue weighted by Gasteiger charge is -2.31. The van der Waals surface area contributed by atoms with Gasteiger partial charge in [0.2, 0.25) is 0 Å². The molecule has 1 aromatic rings. The second-order valence-corrected chi connectivity index (χ2v) is 6.35. The molecule has 1 unspecified atom stereocenters. The lowest BCUT2D eigenvalue weighted by Crippen LogP contribution is -2.43. The van der Waals surface area contributed by atoms with Gasteiger partial charge in [0.05, 0.1) is 12.2 Å². The number of amides is 2. The van der Waals surface area contributed by atoms with Crippen LogP contribution in [-0.2, 0) is 6.54 Å². The second kappa shape index (κ2) is 8.72. The van der Waals surface area contributed by atoms with Crippen LogP contribution < -0.4 is 15.5 Å². The van der Waals surface area contributed by atoms with Crippen molar-refractivity contribution in [2.24, 2.45) is 5.92 Å². The fourth-order valence-corrected chi connectivity index (χ4v) is 2.89. The third kappa shape index (κ3) is 5.71. The summed E-state index contributed by atoms with van der Waals surface area (Å²) in [6.07, 6.45) is 2.42. The number of rotatable bonds is 6. The van der Waals surface area contributed by atoms with E-state index in [9.17, 15) is 4.79 Å². The Bertz CT molecular complexity index is 506. The van der Waals surface area contributed by atoms with Crippen molar-refractivity contribution in [3.63, 3.8) is 0 Å². The Morgan fingerprint density at radius 2 is 2.22 bits per heavy atom. The Balaban J connectivity index is 1.72. The number of piperidine rings is 1. The minimum absolute atomic E-state index is 0.115. The Morgan fingerprint density at radius 3 is 2.96 bits per heavy atom. The molecule has 1 atom stereocenters. The first-order valence-corrected chi connectivity index (χ1v) is 8.45. The normalized spacial score (nSPS) is 18.5. The molecule has 1 fully saturated rings. The molecule has 128 valence electrons. The molecular weight excluding hydrogens is 290 g/mol. The van der Waals surface area contributed by atoms with Gasteiger partial charge in [-0.1, -0.05) is 13.0 Å². The SMILES string of the molecule is CCN1CCCC(CNC(=O)NCc2cccc(N(C)C)n2)C1. The van der Waals surface area contributed by atoms with Gasteiger partial charge in [-0.3, -0.25) is 0 Å². The highest BCUT2D eigenvalue weighted by atomic mass is 16.2. The highest BCUT2D eigenvalue weighted by molar-refractivity contribution is 5.73. The number of anilines is 1. The quantitative estimate of drug-likeness (QED) is 0.837. The van der Waals surface area contributed by atoms with Crippen LogP contribution in [0.15, 0.2) is 18.2 Å². The van der Waals surface area contributed by atoms with Gasteiger partial charge in [0, 0.05) is 27.2 Å². The molecule has 1 aromatic heterocycles. The number of likely N-dealkylation sites (tertiary alicyclic amines) is 1. The molecule has 1 aliphatic heterocycles. The van der Waals surface area contributed by atoms with Gasteiger partial charge in [-0.2, -0.15) is 0 Å². The van der Waals surface area contributed by atoms with Crippen molar-refractivity contribution in [2.45, 2.75) is 26.3 Å². The number of carbonyl (C=O) groups is 1. The molecule has 2 heterocycles. The fraction of sp³-hybridized carbons (Fsp3) is 0.647. The summed E-state index contributed by atoms with van der Waals surface area (Å²) in [5, 5.41) is 5.87. The zero-order valence-electron chi connectivity index (χ0n) is 14.5. The molecule has 6 nitrogen and oxygen atoms in total. The number of nitrogens with one attached hydrogen (secondary N) is 2. The van der Waals surface area contributed by atoms with Crippen LogP contribution in [0.3, 0.4) is 0 Å². The van der Waals surface area contributed by atoms with E-state index in [-0.39, 0.29) is 6.03 Å². The summed E-state index contributed by atoms with van der Waals surface area (Å²) in [4.78, 5) is 20.8. The Kier molecular flexibility index (Phi) is 6.65. The number of urea groups is 1. The number of hydrogen-bond donors (Lipinski definition) is 2. The monoisotopic (exact) mass is 319 g/mol. The van der Waals surface area contributed by atoms with Crippen LogP contribution in [0.1, 0.15) is 25.5 Å². The van der Waals surface area contributed by atoms with E-state index in [0.29, 0.717) is 12.5 Å². The van der Waals surface area contributed by atoms with Crippen LogP contribution in [0.5, 0.6) is 0 Å². The van der Waals surface area contributed by atoms with E-state index in [1.807, 2.05) is 37.2 Å². The molecule has 23 heavy (non-hydrogen) atoms. The summed E-state index contributed by atoms with van der Waals surface area (Å²) >= 11 is 0. The van der Waals surface area contributed by atoms with Crippen molar-refractivity contribution in [1.29, 1.82) is 0 Å². The van der Waals surface area contributed by atoms with Gasteiger partial charge in [0.15, 0.2) is 0 Å². The van der Waals surface area contributed by atoms with E-state index in [4.69, 9.17) is 0 Å². The van der Waals surface area contributed by atoms with Crippen LogP contribution in [0.2, 0.25) is 0 Å². The third-order valence-electron chi connectivity index (χ3n) is 4.28. The molecule has 2 rings (SSSR count). The van der Waals surface area contributed by atoms with Crippen molar-refractivity contribution in [2.75, 3.05) is 45.2 Å². The van der Waals surface area contributed by atoms with E-state index in [1.165, 1.54) is 19.4 Å². The molecule has 0 aromatic carbocycles. The van der Waals surface area contributed by atoms with E-state index in [1.54, 1.807) is 0 Å². The predicted octanol–water partition coefficient (Wildman–Crippen LogP) is 1.68. The first kappa shape index (κ1) is 17.5. The molecule has 2 N–H and O–H groups in total. The predicted molar refractivity (Wildman–Crippen MR) is 93.6 cm³/mol. The molecule has 0 aliphatic carbocycles. The van der Waals surface area contributed by atoms with E-state index in [2.05, 4.69) is 27.4 Å². The number of aromatic nitrogens is 1. The third-order valence-corrected chi connectivity index (χ3v) is 4.28. The van der Waals surface area contributed by atoms with Gasteiger partial charge < -0.3 is 20.4 Å². The Hall–Kier alpha value is -1.82. The van der Waals surface area contributed by atoms with Crippen molar-refractivity contribution >= 4 is 11.8 Å². The summed E-state index contributed by atoms with van der Waals surface area (Å²) in [6, 6.07) is 5.72. The van der Waals surface area contributed by atoms with Crippen LogP contribution in [0.4, 0.5) is 10.6 Å². The van der Waals surface area contributed by atoms with E-state index in [0.717, 1.165) is 31.1 Å². The highest BCUT2D eigenvalue weighted by Crippen LogP contribution is 2.15. The van der Waals surface area contributed by atoms with E-state index < -0.39 is 0 Å². The molecule has 0 bridgehead atoms. The average molecular weight is 319 g/mol. The topological polar surface area (TPSA) is 60.5 Å². The number of hydrogen-bond acceptors (Lipinski definition) is 4. The minimum atomic E-state index is -0.115. The maximum absolute atomic E-state index is 12.0. The van der Waals surface area contributed by atoms with Gasteiger partial charge in [-0.15, -0.1) is 0 Å². The number of carbonyl (C=O) groups excluding carboxylic acids is 1. The summed E-state index contributed by atoms with van der Waals surface area (Å²) < 4.78 is 0. The zero-order chi connectivity index (χ0) is 16.7. The Morgan fingerprint density at radius 1 is 1.39 bits per heavy atom. The van der Waals surface area contributed by atoms with Crippen LogP contribution in [0, 0.1) is 5.92 Å². The van der Waals surface area contributed by atoms with Crippen molar-refractivity contribution < 1.29 is 4.79 Å². The van der Waals surface area contributed by atoms with E-state index >= 15 is 0 Å². The molecule has 0 spiro atoms. The summed E-state index contributed by atoms with van der Waals surface area (Å²) in [6.45, 7) is 6.75. The zero-order valence-corrected chi connectivity index (χ0v) is 14.5. The fourth-order valence-electron chi connectivity index (χ4n) is 2.89. The minimum Gasteiger partial charge on any atom is -0.363 e. The second-order valence-electron chi connectivity index (χ2n) is 6.35. The highest BCUT2D eigenvalue weighted by Gasteiger charge is 2.19. The van der Waals surface area contributed by atoms with Crippen LogP contribution in [-0.4, -0.2) is 56.2 Å². The summed E-state index contributed by atoms with van der Waals surface area (Å²) in [5.74, 6) is 1.45. The molecule has 6 heteroatoms. The van der Waals surface area contributed by atoms with Crippen LogP contribution >= 0.6 is 0 Å². The average Bonchev–Trinajstić information content (AvgIpc) is 2.58. The Labute approximate surface area is 139 Å². The number of nitrogens with zero attached hydrogens (tertiary/aromatic N) is 3. The number of pyridine rings is 1. The maximum atomic E-state index is 12.0. The first-order valence-electron chi connectivity index (χ1n) is 8.45. The summed E-state index contributed by atoms with van der Waals surface area (Å²) in [7, 11) is 3.91. The molecule has 2 amide bonds. The first-order chi connectivity index (χ1) is 11.1. The molecule has 0 radical (unpaired) electrons. The van der Waals surface area contributed by atoms with Gasteiger partial charge in [0.1, 0.15) is 5.82 Å².